The van der Waals surface area contributed by atoms with Crippen LogP contribution in [0, 0.1) is 0 Å². The molecule has 0 unspecified atom stereocenters. The molecule has 0 spiro atoms. The molecule has 0 saturated carbocycles. The van der Waals surface area contributed by atoms with Crippen LogP contribution in [0.25, 0.3) is 21.8 Å². The molecule has 2 heterocycles. The Morgan fingerprint density at radius 2 is 1.35 bits per heavy atom. The lowest BCUT2D eigenvalue weighted by atomic mass is 9.92. The number of benzene rings is 2. The van der Waals surface area contributed by atoms with Crippen LogP contribution in [-0.2, 0) is 25.7 Å². The molecular weight excluding hydrogens is 537 g/mol. The molecule has 6 rings (SSSR count). The van der Waals surface area contributed by atoms with Gasteiger partial charge in [0.05, 0.1) is 21.7 Å². The summed E-state index contributed by atoms with van der Waals surface area (Å²) < 4.78 is 0. The van der Waals surface area contributed by atoms with Crippen molar-refractivity contribution in [2.45, 2.75) is 64.2 Å². The van der Waals surface area contributed by atoms with Gasteiger partial charge < -0.3 is 15.5 Å². The highest BCUT2D eigenvalue weighted by molar-refractivity contribution is 6.39. The Kier molecular flexibility index (Phi) is 8.62. The molecule has 0 fully saturated rings. The van der Waals surface area contributed by atoms with E-state index in [1.165, 1.54) is 65.0 Å². The van der Waals surface area contributed by atoms with Gasteiger partial charge in [-0.25, -0.2) is 0 Å². The number of rotatable bonds is 10. The van der Waals surface area contributed by atoms with Gasteiger partial charge in [-0.1, -0.05) is 41.4 Å². The molecule has 0 atom stereocenters. The van der Waals surface area contributed by atoms with Crippen LogP contribution in [-0.4, -0.2) is 48.1 Å². The van der Waals surface area contributed by atoms with Gasteiger partial charge in [-0.05, 0) is 114 Å². The lowest BCUT2D eigenvalue weighted by molar-refractivity contribution is 0.331. The maximum absolute atomic E-state index is 6.68. The van der Waals surface area contributed by atoms with E-state index in [2.05, 4.69) is 46.8 Å². The number of halogens is 2. The van der Waals surface area contributed by atoms with Gasteiger partial charge in [-0.2, -0.15) is 0 Å². The van der Waals surface area contributed by atoms with Gasteiger partial charge in [-0.15, -0.1) is 0 Å². The number of hydrogen-bond acceptors (Lipinski definition) is 5. The van der Waals surface area contributed by atoms with Gasteiger partial charge in [0, 0.05) is 46.0 Å². The zero-order valence-corrected chi connectivity index (χ0v) is 25.0. The Balaban J connectivity index is 1.03. The number of fused-ring (bicyclic) bond motifs is 4. The Morgan fingerprint density at radius 1 is 0.750 bits per heavy atom. The highest BCUT2D eigenvalue weighted by atomic mass is 35.5. The number of hydrogen-bond donors (Lipinski definition) is 2. The van der Waals surface area contributed by atoms with Crippen molar-refractivity contribution in [2.75, 3.05) is 43.9 Å². The first-order valence-corrected chi connectivity index (χ1v) is 15.7. The fraction of sp³-hybridized carbons (Fsp3) is 0.455. The van der Waals surface area contributed by atoms with Crippen molar-refractivity contribution in [3.8, 4) is 0 Å². The van der Waals surface area contributed by atoms with Gasteiger partial charge in [0.15, 0.2) is 0 Å². The average molecular weight is 577 g/mol. The first-order chi connectivity index (χ1) is 19.6. The molecule has 2 aliphatic carbocycles. The zero-order valence-electron chi connectivity index (χ0n) is 23.5. The third-order valence-corrected chi connectivity index (χ3v) is 9.00. The fourth-order valence-corrected chi connectivity index (χ4v) is 7.06. The summed E-state index contributed by atoms with van der Waals surface area (Å²) in [4.78, 5) is 12.3. The van der Waals surface area contributed by atoms with Crippen molar-refractivity contribution in [1.29, 1.82) is 0 Å². The van der Waals surface area contributed by atoms with Crippen molar-refractivity contribution in [3.63, 3.8) is 0 Å². The molecule has 2 aromatic carbocycles. The summed E-state index contributed by atoms with van der Waals surface area (Å²) in [5.74, 6) is 0. The van der Waals surface area contributed by atoms with Crippen LogP contribution in [0.2, 0.25) is 10.0 Å². The Hall–Kier alpha value is -2.60. The number of pyridine rings is 2. The first-order valence-electron chi connectivity index (χ1n) is 15.0. The van der Waals surface area contributed by atoms with Gasteiger partial charge >= 0.3 is 0 Å². The van der Waals surface area contributed by atoms with Crippen LogP contribution < -0.4 is 10.6 Å². The molecule has 0 amide bonds. The largest absolute Gasteiger partial charge is 0.384 e. The van der Waals surface area contributed by atoms with E-state index in [1.807, 2.05) is 12.1 Å². The number of para-hydroxylation sites is 1. The molecule has 210 valence electrons. The highest BCUT2D eigenvalue weighted by Gasteiger charge is 2.20. The van der Waals surface area contributed by atoms with E-state index in [0.717, 1.165) is 81.1 Å². The minimum atomic E-state index is 0.639. The smallest absolute Gasteiger partial charge is 0.0756 e. The molecular formula is C33H39Cl2N5. The summed E-state index contributed by atoms with van der Waals surface area (Å²) >= 11 is 13.0. The van der Waals surface area contributed by atoms with E-state index < -0.39 is 0 Å². The third kappa shape index (κ3) is 5.88. The van der Waals surface area contributed by atoms with E-state index in [4.69, 9.17) is 33.2 Å². The third-order valence-electron chi connectivity index (χ3n) is 8.49. The molecule has 2 N–H and O–H groups in total. The van der Waals surface area contributed by atoms with E-state index in [9.17, 15) is 0 Å². The number of aryl methyl sites for hydroxylation is 2. The summed E-state index contributed by atoms with van der Waals surface area (Å²) in [6.45, 7) is 3.99. The van der Waals surface area contributed by atoms with Crippen LogP contribution in [0.15, 0.2) is 36.4 Å². The second kappa shape index (κ2) is 12.5. The molecule has 4 aromatic rings. The monoisotopic (exact) mass is 575 g/mol. The Morgan fingerprint density at radius 3 is 2.08 bits per heavy atom. The Labute approximate surface area is 247 Å². The van der Waals surface area contributed by atoms with Crippen LogP contribution in [0.1, 0.15) is 61.0 Å². The zero-order chi connectivity index (χ0) is 27.5. The minimum absolute atomic E-state index is 0.639. The second-order valence-corrected chi connectivity index (χ2v) is 12.2. The van der Waals surface area contributed by atoms with Crippen LogP contribution in [0.4, 0.5) is 11.4 Å². The quantitative estimate of drug-likeness (QED) is 0.187. The maximum atomic E-state index is 6.68. The van der Waals surface area contributed by atoms with Gasteiger partial charge in [0.25, 0.3) is 0 Å². The van der Waals surface area contributed by atoms with E-state index in [0.29, 0.717) is 10.0 Å². The highest BCUT2D eigenvalue weighted by Crippen LogP contribution is 2.38. The number of aromatic nitrogens is 2. The standard InChI is InChI=1S/C33H39Cl2N5/c1-40(18-8-16-36-32-23-10-2-5-13-27(23)38-28-14-6-3-11-24(28)32)19-9-17-37-33-25-12-4-7-15-29(25)39-30-21-22(34)20-26(35)31(30)33/h2,5,10,13,20-21H,3-4,6-9,11-12,14-19H2,1H3,(H,36,38)(H,37,39). The van der Waals surface area contributed by atoms with Gasteiger partial charge in [0.1, 0.15) is 0 Å². The molecule has 5 nitrogen and oxygen atoms in total. The number of nitrogens with one attached hydrogen (secondary N) is 2. The molecule has 0 aliphatic heterocycles. The van der Waals surface area contributed by atoms with Crippen LogP contribution in [0.3, 0.4) is 0 Å². The van der Waals surface area contributed by atoms with Crippen molar-refractivity contribution < 1.29 is 0 Å². The van der Waals surface area contributed by atoms with E-state index in [-0.39, 0.29) is 0 Å². The van der Waals surface area contributed by atoms with Crippen molar-refractivity contribution >= 4 is 56.4 Å². The van der Waals surface area contributed by atoms with Crippen molar-refractivity contribution in [2.24, 2.45) is 0 Å². The minimum Gasteiger partial charge on any atom is -0.384 e. The summed E-state index contributed by atoms with van der Waals surface area (Å²) in [5, 5.41) is 11.2. The predicted octanol–water partition coefficient (Wildman–Crippen LogP) is 8.08. The Bertz CT molecular complexity index is 1520. The molecule has 7 heteroatoms. The summed E-state index contributed by atoms with van der Waals surface area (Å²) in [6.07, 6.45) is 11.4. The molecule has 2 aliphatic rings. The molecule has 0 saturated heterocycles. The predicted molar refractivity (Wildman–Crippen MR) is 171 cm³/mol. The van der Waals surface area contributed by atoms with E-state index >= 15 is 0 Å². The van der Waals surface area contributed by atoms with Crippen molar-refractivity contribution in [3.05, 3.63) is 69.0 Å². The topological polar surface area (TPSA) is 53.1 Å². The van der Waals surface area contributed by atoms with Gasteiger partial charge in [0.2, 0.25) is 0 Å². The van der Waals surface area contributed by atoms with Crippen LogP contribution in [0.5, 0.6) is 0 Å². The lowest BCUT2D eigenvalue weighted by Crippen LogP contribution is -2.24. The summed E-state index contributed by atoms with van der Waals surface area (Å²) in [5.41, 5.74) is 9.78. The number of nitrogens with zero attached hydrogens (tertiary/aromatic N) is 3. The first kappa shape index (κ1) is 27.6. The number of anilines is 2. The summed E-state index contributed by atoms with van der Waals surface area (Å²) in [7, 11) is 2.23. The molecule has 2 aromatic heterocycles. The maximum Gasteiger partial charge on any atom is 0.0756 e. The van der Waals surface area contributed by atoms with Crippen LogP contribution >= 0.6 is 23.2 Å². The van der Waals surface area contributed by atoms with Gasteiger partial charge in [-0.3, -0.25) is 9.97 Å². The summed E-state index contributed by atoms with van der Waals surface area (Å²) in [6, 6.07) is 12.3. The molecule has 0 radical (unpaired) electrons. The molecule has 0 bridgehead atoms. The fourth-order valence-electron chi connectivity index (χ4n) is 6.48. The normalized spacial score (nSPS) is 14.9. The van der Waals surface area contributed by atoms with Crippen molar-refractivity contribution in [1.82, 2.24) is 14.9 Å². The molecule has 40 heavy (non-hydrogen) atoms. The average Bonchev–Trinajstić information content (AvgIpc) is 2.96. The van der Waals surface area contributed by atoms with E-state index in [1.54, 1.807) is 0 Å². The second-order valence-electron chi connectivity index (χ2n) is 11.4. The SMILES string of the molecule is CN(CCCNc1c2c(nc3ccccc13)CCCC2)CCCNc1c2c(nc3cc(Cl)cc(Cl)c13)CCCC2. The lowest BCUT2D eigenvalue weighted by Gasteiger charge is -2.23.